The second-order valence-electron chi connectivity index (χ2n) is 12.1. The summed E-state index contributed by atoms with van der Waals surface area (Å²) < 4.78 is 18.2. The topological polar surface area (TPSA) is 164 Å². The van der Waals surface area contributed by atoms with Crippen LogP contribution in [0.3, 0.4) is 0 Å². The van der Waals surface area contributed by atoms with Gasteiger partial charge in [0.25, 0.3) is 0 Å². The van der Waals surface area contributed by atoms with Crippen LogP contribution in [0.1, 0.15) is 46.5 Å². The van der Waals surface area contributed by atoms with Gasteiger partial charge in [-0.3, -0.25) is 14.4 Å². The number of methoxy groups -OCH3 is 1. The molecule has 0 saturated carbocycles. The number of aliphatic carboxylic acids is 1. The number of ether oxygens (including phenoxy) is 3. The zero-order chi connectivity index (χ0) is 29.9. The van der Waals surface area contributed by atoms with Gasteiger partial charge in [-0.25, -0.2) is 4.79 Å². The van der Waals surface area contributed by atoms with Gasteiger partial charge in [0.15, 0.2) is 0 Å². The van der Waals surface area contributed by atoms with E-state index in [0.717, 1.165) is 17.7 Å². The molecule has 224 valence electrons. The highest BCUT2D eigenvalue weighted by Gasteiger charge is 2.73. The average Bonchev–Trinajstić information content (AvgIpc) is 3.25. The van der Waals surface area contributed by atoms with Gasteiger partial charge in [-0.1, -0.05) is 26.0 Å². The molecule has 12 nitrogen and oxygen atoms in total. The van der Waals surface area contributed by atoms with Crippen molar-refractivity contribution in [3.05, 3.63) is 35.1 Å². The molecule has 5 aliphatic rings. The predicted octanol–water partition coefficient (Wildman–Crippen LogP) is 0.412. The molecule has 2 saturated heterocycles. The van der Waals surface area contributed by atoms with Crippen molar-refractivity contribution in [1.29, 1.82) is 0 Å². The number of likely N-dealkylation sites (tertiary alicyclic amines) is 1. The number of nitrogens with one attached hydrogen (secondary N) is 2. The Morgan fingerprint density at radius 3 is 2.61 bits per heavy atom. The smallest absolute Gasteiger partial charge is 0.326 e. The van der Waals surface area contributed by atoms with Crippen LogP contribution in [0.4, 0.5) is 0 Å². The molecule has 5 rings (SSSR count). The largest absolute Gasteiger partial charge is 0.480 e. The van der Waals surface area contributed by atoms with Crippen molar-refractivity contribution in [3.8, 4) is 0 Å². The van der Waals surface area contributed by atoms with Gasteiger partial charge in [-0.15, -0.1) is 0 Å². The van der Waals surface area contributed by atoms with Gasteiger partial charge in [-0.2, -0.15) is 0 Å². The minimum Gasteiger partial charge on any atom is -0.480 e. The number of amides is 2. The molecule has 0 aromatic heterocycles. The molecule has 2 bridgehead atoms. The number of hydrogen-bond acceptors (Lipinski definition) is 9. The Hall–Kier alpha value is -3.06. The summed E-state index contributed by atoms with van der Waals surface area (Å²) in [4.78, 5) is 51.8. The number of allylic oxidation sites excluding steroid dienone is 1. The molecule has 4 N–H and O–H groups in total. The van der Waals surface area contributed by atoms with E-state index in [1.807, 2.05) is 13.1 Å². The van der Waals surface area contributed by atoms with Crippen molar-refractivity contribution < 1.29 is 43.6 Å². The van der Waals surface area contributed by atoms with Crippen LogP contribution in [-0.4, -0.2) is 102 Å². The van der Waals surface area contributed by atoms with E-state index < -0.39 is 71.4 Å². The molecule has 2 heterocycles. The molecule has 2 fully saturated rings. The highest BCUT2D eigenvalue weighted by atomic mass is 16.6. The van der Waals surface area contributed by atoms with Gasteiger partial charge >= 0.3 is 11.9 Å². The van der Waals surface area contributed by atoms with E-state index in [1.165, 1.54) is 6.92 Å². The first kappa shape index (κ1) is 29.4. The van der Waals surface area contributed by atoms with Crippen LogP contribution in [0.5, 0.6) is 0 Å². The first-order valence-electron chi connectivity index (χ1n) is 14.1. The molecular weight excluding hydrogens is 534 g/mol. The molecular formula is C29H39N3O9. The fourth-order valence-corrected chi connectivity index (χ4v) is 7.51. The molecule has 0 aromatic carbocycles. The van der Waals surface area contributed by atoms with Crippen molar-refractivity contribution in [3.63, 3.8) is 0 Å². The summed E-state index contributed by atoms with van der Waals surface area (Å²) in [5, 5.41) is 26.6. The number of hydrogen-bond donors (Lipinski definition) is 4. The van der Waals surface area contributed by atoms with Crippen molar-refractivity contribution in [2.75, 3.05) is 20.7 Å². The van der Waals surface area contributed by atoms with E-state index in [9.17, 15) is 29.4 Å². The second kappa shape index (κ2) is 10.6. The lowest BCUT2D eigenvalue weighted by Crippen LogP contribution is -2.72. The van der Waals surface area contributed by atoms with Crippen LogP contribution in [0.2, 0.25) is 0 Å². The van der Waals surface area contributed by atoms with Crippen LogP contribution in [0.15, 0.2) is 35.1 Å². The van der Waals surface area contributed by atoms with E-state index in [-0.39, 0.29) is 24.3 Å². The number of piperidine rings is 1. The molecule has 2 aliphatic heterocycles. The third-order valence-electron chi connectivity index (χ3n) is 9.43. The SMILES string of the molecule is COC1C=CC2=C3C1OC1C(OC(=O)CC(NC(C)=O)C(=O)NC(C(=O)O)C(C)C)=CCC4(O)C(C2)N(C)CCC314. The molecule has 12 heteroatoms. The zero-order valence-electron chi connectivity index (χ0n) is 24.0. The van der Waals surface area contributed by atoms with E-state index in [1.54, 1.807) is 27.0 Å². The number of carboxylic acids is 1. The first-order valence-corrected chi connectivity index (χ1v) is 14.1. The molecule has 0 radical (unpaired) electrons. The Morgan fingerprint density at radius 2 is 1.98 bits per heavy atom. The molecule has 1 spiro atoms. The van der Waals surface area contributed by atoms with E-state index >= 15 is 0 Å². The van der Waals surface area contributed by atoms with Gasteiger partial charge in [0.1, 0.15) is 36.2 Å². The summed E-state index contributed by atoms with van der Waals surface area (Å²) >= 11 is 0. The first-order chi connectivity index (χ1) is 19.3. The fraction of sp³-hybridized carbons (Fsp3) is 0.655. The molecule has 2 amide bonds. The summed E-state index contributed by atoms with van der Waals surface area (Å²) in [6, 6.07) is -2.69. The van der Waals surface area contributed by atoms with Crippen LogP contribution >= 0.6 is 0 Å². The number of carboxylic acid groups (broad SMARTS) is 1. The Kier molecular flexibility index (Phi) is 7.64. The lowest BCUT2D eigenvalue weighted by Gasteiger charge is -2.62. The van der Waals surface area contributed by atoms with E-state index in [2.05, 4.69) is 21.6 Å². The maximum atomic E-state index is 13.3. The molecule has 8 atom stereocenters. The maximum Gasteiger partial charge on any atom is 0.326 e. The third kappa shape index (κ3) is 4.61. The number of esters is 1. The number of nitrogens with zero attached hydrogens (tertiary/aromatic N) is 1. The van der Waals surface area contributed by atoms with Crippen molar-refractivity contribution in [2.24, 2.45) is 11.3 Å². The monoisotopic (exact) mass is 573 g/mol. The van der Waals surface area contributed by atoms with E-state index in [0.29, 0.717) is 12.8 Å². The Morgan fingerprint density at radius 1 is 1.24 bits per heavy atom. The van der Waals surface area contributed by atoms with Crippen LogP contribution in [0, 0.1) is 11.3 Å². The van der Waals surface area contributed by atoms with Crippen LogP contribution < -0.4 is 10.6 Å². The third-order valence-corrected chi connectivity index (χ3v) is 9.43. The van der Waals surface area contributed by atoms with Gasteiger partial charge < -0.3 is 40.0 Å². The van der Waals surface area contributed by atoms with Gasteiger partial charge in [-0.05, 0) is 49.6 Å². The molecule has 8 unspecified atom stereocenters. The summed E-state index contributed by atoms with van der Waals surface area (Å²) in [7, 11) is 3.61. The molecule has 0 aromatic rings. The quantitative estimate of drug-likeness (QED) is 0.284. The summed E-state index contributed by atoms with van der Waals surface area (Å²) in [6.45, 7) is 5.20. The lowest BCUT2D eigenvalue weighted by atomic mass is 9.49. The predicted molar refractivity (Wildman–Crippen MR) is 144 cm³/mol. The second-order valence-corrected chi connectivity index (χ2v) is 12.1. The highest BCUT2D eigenvalue weighted by Crippen LogP contribution is 2.66. The van der Waals surface area contributed by atoms with Crippen molar-refractivity contribution in [2.45, 2.75) is 88.5 Å². The Labute approximate surface area is 238 Å². The highest BCUT2D eigenvalue weighted by molar-refractivity contribution is 5.92. The normalized spacial score (nSPS) is 34.9. The van der Waals surface area contributed by atoms with Crippen LogP contribution in [0.25, 0.3) is 0 Å². The average molecular weight is 574 g/mol. The van der Waals surface area contributed by atoms with Gasteiger partial charge in [0.2, 0.25) is 11.8 Å². The van der Waals surface area contributed by atoms with Gasteiger partial charge in [0, 0.05) is 26.5 Å². The summed E-state index contributed by atoms with van der Waals surface area (Å²) in [5.74, 6) is -3.55. The fourth-order valence-electron chi connectivity index (χ4n) is 7.51. The summed E-state index contributed by atoms with van der Waals surface area (Å²) in [5.41, 5.74) is 0.169. The lowest BCUT2D eigenvalue weighted by molar-refractivity contribution is -0.191. The summed E-state index contributed by atoms with van der Waals surface area (Å²) in [6.07, 6.45) is 5.16. The minimum absolute atomic E-state index is 0.145. The Balaban J connectivity index is 1.41. The molecule has 3 aliphatic carbocycles. The van der Waals surface area contributed by atoms with Gasteiger partial charge in [0.05, 0.1) is 17.4 Å². The van der Waals surface area contributed by atoms with Crippen molar-refractivity contribution >= 4 is 23.8 Å². The van der Waals surface area contributed by atoms with Crippen LogP contribution in [-0.2, 0) is 33.4 Å². The van der Waals surface area contributed by atoms with E-state index in [4.69, 9.17) is 14.2 Å². The number of likely N-dealkylation sites (N-methyl/N-ethyl adjacent to an activating group) is 1. The number of aliphatic hydroxyl groups is 1. The zero-order valence-corrected chi connectivity index (χ0v) is 24.0. The standard InChI is InChI=1S/C29H39N3O9/c1-14(2)23(27(36)37)31-26(35)17(30-15(3)33)13-21(34)40-19-8-9-29(38)20-12-16-6-7-18(39-5)24-22(16)28(29,25(19)41-24)10-11-32(20)4/h6-8,14,17-18,20,23-25,38H,9-13H2,1-5H3,(H,30,33)(H,31,35)(H,36,37). The number of carbonyl (C=O) groups is 4. The number of rotatable bonds is 9. The number of carbonyl (C=O) groups excluding carboxylic acids is 3. The molecule has 41 heavy (non-hydrogen) atoms. The Bertz CT molecular complexity index is 1240. The minimum atomic E-state index is -1.34. The maximum absolute atomic E-state index is 13.3. The van der Waals surface area contributed by atoms with Crippen molar-refractivity contribution in [1.82, 2.24) is 15.5 Å².